The number of anilines is 1. The van der Waals surface area contributed by atoms with E-state index in [9.17, 15) is 18.0 Å². The van der Waals surface area contributed by atoms with Crippen LogP contribution in [0, 0.1) is 6.92 Å². The molecule has 0 aromatic heterocycles. The van der Waals surface area contributed by atoms with Crippen LogP contribution in [-0.4, -0.2) is 27.2 Å². The molecule has 1 heterocycles. The van der Waals surface area contributed by atoms with Crippen molar-refractivity contribution in [3.63, 3.8) is 0 Å². The fourth-order valence-electron chi connectivity index (χ4n) is 3.35. The lowest BCUT2D eigenvalue weighted by Crippen LogP contribution is -2.21. The minimum Gasteiger partial charge on any atom is -0.495 e. The normalized spacial score (nSPS) is 13.9. The van der Waals surface area contributed by atoms with Gasteiger partial charge in [-0.15, -0.1) is 0 Å². The van der Waals surface area contributed by atoms with Crippen molar-refractivity contribution in [2.45, 2.75) is 16.7 Å². The van der Waals surface area contributed by atoms with Crippen molar-refractivity contribution in [2.75, 3.05) is 12.4 Å². The molecule has 1 N–H and O–H groups in total. The summed E-state index contributed by atoms with van der Waals surface area (Å²) >= 11 is 6.09. The van der Waals surface area contributed by atoms with Gasteiger partial charge in [0.2, 0.25) is 9.84 Å². The van der Waals surface area contributed by atoms with Crippen LogP contribution >= 0.6 is 11.6 Å². The highest BCUT2D eigenvalue weighted by molar-refractivity contribution is 7.91. The minimum atomic E-state index is -3.93. The van der Waals surface area contributed by atoms with E-state index in [0.29, 0.717) is 16.5 Å². The van der Waals surface area contributed by atoms with Gasteiger partial charge in [0, 0.05) is 27.8 Å². The molecular weight excluding hydrogens is 426 g/mol. The summed E-state index contributed by atoms with van der Waals surface area (Å²) in [5.41, 5.74) is 1.40. The van der Waals surface area contributed by atoms with Crippen molar-refractivity contribution in [3.05, 3.63) is 81.9 Å². The largest absolute Gasteiger partial charge is 0.495 e. The fraction of sp³-hybridized carbons (Fsp3) is 0.0909. The number of fused-ring (bicyclic) bond motifs is 2. The molecule has 0 aliphatic carbocycles. The summed E-state index contributed by atoms with van der Waals surface area (Å²) in [5.74, 6) is -0.564. The van der Waals surface area contributed by atoms with Crippen molar-refractivity contribution >= 4 is 38.8 Å². The molecule has 0 radical (unpaired) electrons. The molecule has 152 valence electrons. The van der Waals surface area contributed by atoms with Gasteiger partial charge in [0.1, 0.15) is 5.75 Å². The van der Waals surface area contributed by atoms with E-state index in [1.807, 2.05) is 0 Å². The number of rotatable bonds is 3. The summed E-state index contributed by atoms with van der Waals surface area (Å²) in [7, 11) is -2.48. The maximum absolute atomic E-state index is 13.0. The fourth-order valence-corrected chi connectivity index (χ4v) is 5.18. The van der Waals surface area contributed by atoms with E-state index in [4.69, 9.17) is 16.3 Å². The third-order valence-electron chi connectivity index (χ3n) is 4.93. The molecule has 0 saturated heterocycles. The van der Waals surface area contributed by atoms with Crippen LogP contribution in [-0.2, 0) is 9.84 Å². The molecule has 6 nitrogen and oxygen atoms in total. The molecule has 3 aromatic carbocycles. The maximum Gasteiger partial charge on any atom is 0.255 e. The van der Waals surface area contributed by atoms with Crippen LogP contribution in [0.5, 0.6) is 5.75 Å². The van der Waals surface area contributed by atoms with E-state index >= 15 is 0 Å². The number of ether oxygens (including phenoxy) is 1. The summed E-state index contributed by atoms with van der Waals surface area (Å²) < 4.78 is 31.3. The first-order chi connectivity index (χ1) is 14.2. The summed E-state index contributed by atoms with van der Waals surface area (Å²) in [6.07, 6.45) is 0. The molecule has 1 aliphatic heterocycles. The van der Waals surface area contributed by atoms with Crippen LogP contribution in [0.3, 0.4) is 0 Å². The van der Waals surface area contributed by atoms with Gasteiger partial charge in [-0.1, -0.05) is 23.7 Å². The lowest BCUT2D eigenvalue weighted by Gasteiger charge is -2.19. The van der Waals surface area contributed by atoms with Crippen molar-refractivity contribution in [1.29, 1.82) is 0 Å². The van der Waals surface area contributed by atoms with Crippen molar-refractivity contribution in [3.8, 4) is 5.75 Å². The number of methoxy groups -OCH3 is 1. The first-order valence-corrected chi connectivity index (χ1v) is 10.8. The molecule has 0 spiro atoms. The van der Waals surface area contributed by atoms with E-state index in [2.05, 4.69) is 5.32 Å². The number of hydrogen-bond donors (Lipinski definition) is 1. The van der Waals surface area contributed by atoms with Crippen molar-refractivity contribution in [1.82, 2.24) is 0 Å². The number of aryl methyl sites for hydroxylation is 1. The number of carbonyl (C=O) groups is 2. The first-order valence-electron chi connectivity index (χ1n) is 8.92. The second-order valence-electron chi connectivity index (χ2n) is 6.80. The van der Waals surface area contributed by atoms with Crippen LogP contribution in [0.4, 0.5) is 5.69 Å². The number of amides is 1. The van der Waals surface area contributed by atoms with E-state index in [1.165, 1.54) is 37.4 Å². The smallest absolute Gasteiger partial charge is 0.255 e. The quantitative estimate of drug-likeness (QED) is 0.512. The Morgan fingerprint density at radius 3 is 2.43 bits per heavy atom. The molecule has 0 unspecified atom stereocenters. The van der Waals surface area contributed by atoms with Crippen LogP contribution in [0.1, 0.15) is 31.8 Å². The number of ketones is 1. The van der Waals surface area contributed by atoms with Gasteiger partial charge in [-0.05, 0) is 48.9 Å². The topological polar surface area (TPSA) is 89.5 Å². The molecule has 1 amide bonds. The van der Waals surface area contributed by atoms with E-state index in [-0.39, 0.29) is 26.5 Å². The molecule has 0 saturated carbocycles. The number of nitrogens with one attached hydrogen (secondary N) is 1. The molecule has 8 heteroatoms. The van der Waals surface area contributed by atoms with Gasteiger partial charge in [-0.25, -0.2) is 8.42 Å². The average molecular weight is 442 g/mol. The number of sulfone groups is 1. The molecule has 0 fully saturated rings. The zero-order valence-corrected chi connectivity index (χ0v) is 17.6. The number of hydrogen-bond acceptors (Lipinski definition) is 5. The van der Waals surface area contributed by atoms with Crippen LogP contribution in [0.25, 0.3) is 0 Å². The molecular formula is C22H16ClNO5S. The Balaban J connectivity index is 1.75. The number of benzene rings is 3. The Morgan fingerprint density at radius 1 is 1.00 bits per heavy atom. The summed E-state index contributed by atoms with van der Waals surface area (Å²) in [6, 6.07) is 13.3. The highest BCUT2D eigenvalue weighted by Crippen LogP contribution is 2.35. The molecule has 0 atom stereocenters. The average Bonchev–Trinajstić information content (AvgIpc) is 2.74. The van der Waals surface area contributed by atoms with Crippen LogP contribution in [0.2, 0.25) is 5.02 Å². The zero-order valence-electron chi connectivity index (χ0n) is 16.0. The van der Waals surface area contributed by atoms with E-state index in [1.54, 1.807) is 31.2 Å². The monoisotopic (exact) mass is 441 g/mol. The van der Waals surface area contributed by atoms with Crippen LogP contribution in [0.15, 0.2) is 64.4 Å². The maximum atomic E-state index is 13.0. The third-order valence-corrected chi connectivity index (χ3v) is 7.19. The molecule has 3 aromatic rings. The van der Waals surface area contributed by atoms with Gasteiger partial charge in [-0.3, -0.25) is 9.59 Å². The van der Waals surface area contributed by atoms with Gasteiger partial charge in [0.05, 0.1) is 22.6 Å². The van der Waals surface area contributed by atoms with Gasteiger partial charge in [-0.2, -0.15) is 0 Å². The number of halogens is 1. The van der Waals surface area contributed by atoms with E-state index < -0.39 is 21.5 Å². The predicted molar refractivity (Wildman–Crippen MR) is 112 cm³/mol. The molecule has 4 rings (SSSR count). The Hall–Kier alpha value is -3.16. The predicted octanol–water partition coefficient (Wildman–Crippen LogP) is 4.29. The first kappa shape index (κ1) is 20.1. The number of carbonyl (C=O) groups excluding carboxylic acids is 2. The lowest BCUT2D eigenvalue weighted by atomic mass is 10.0. The Kier molecular flexibility index (Phi) is 4.88. The molecule has 30 heavy (non-hydrogen) atoms. The SMILES string of the molecule is COc1cc(Cl)c(C)cc1NC(=O)c1ccc2c(c1)S(=O)(=O)c1ccccc1C2=O. The van der Waals surface area contributed by atoms with Gasteiger partial charge < -0.3 is 10.1 Å². The van der Waals surface area contributed by atoms with Gasteiger partial charge in [0.15, 0.2) is 5.78 Å². The summed E-state index contributed by atoms with van der Waals surface area (Å²) in [6.45, 7) is 1.78. The lowest BCUT2D eigenvalue weighted by molar-refractivity contribution is 0.101. The zero-order chi connectivity index (χ0) is 21.6. The standard InChI is InChI=1S/C22H16ClNO5S/c1-12-9-17(18(29-2)11-16(12)23)24-22(26)13-7-8-15-20(10-13)30(27,28)19-6-4-3-5-14(19)21(15)25/h3-11H,1-2H3,(H,24,26). The molecule has 1 aliphatic rings. The molecule has 0 bridgehead atoms. The summed E-state index contributed by atoms with van der Waals surface area (Å²) in [4.78, 5) is 25.3. The van der Waals surface area contributed by atoms with Gasteiger partial charge in [0.25, 0.3) is 5.91 Å². The second kappa shape index (κ2) is 7.27. The Morgan fingerprint density at radius 2 is 1.70 bits per heavy atom. The minimum absolute atomic E-state index is 0.0465. The highest BCUT2D eigenvalue weighted by atomic mass is 35.5. The van der Waals surface area contributed by atoms with E-state index in [0.717, 1.165) is 5.56 Å². The third kappa shape index (κ3) is 3.16. The van der Waals surface area contributed by atoms with Gasteiger partial charge >= 0.3 is 0 Å². The summed E-state index contributed by atoms with van der Waals surface area (Å²) in [5, 5.41) is 3.20. The Bertz CT molecular complexity index is 1330. The van der Waals surface area contributed by atoms with Crippen molar-refractivity contribution in [2.24, 2.45) is 0 Å². The van der Waals surface area contributed by atoms with Crippen molar-refractivity contribution < 1.29 is 22.7 Å². The second-order valence-corrected chi connectivity index (χ2v) is 9.09. The van der Waals surface area contributed by atoms with Crippen LogP contribution < -0.4 is 10.1 Å². The highest BCUT2D eigenvalue weighted by Gasteiger charge is 2.35. The Labute approximate surface area is 178 Å².